The lowest BCUT2D eigenvalue weighted by Crippen LogP contribution is -1.94. The Kier molecular flexibility index (Phi) is 2.86. The van der Waals surface area contributed by atoms with Crippen molar-refractivity contribution >= 4 is 34.0 Å². The molecule has 0 saturated carbocycles. The van der Waals surface area contributed by atoms with Gasteiger partial charge >= 0.3 is 0 Å². The number of nitrogens with zero attached hydrogens (tertiary/aromatic N) is 3. The van der Waals surface area contributed by atoms with E-state index in [1.165, 1.54) is 0 Å². The molecule has 1 heterocycles. The van der Waals surface area contributed by atoms with Gasteiger partial charge in [0.1, 0.15) is 10.7 Å². The van der Waals surface area contributed by atoms with E-state index in [1.54, 1.807) is 0 Å². The normalized spacial score (nSPS) is 10.8. The number of rotatable bonds is 1. The van der Waals surface area contributed by atoms with Crippen molar-refractivity contribution in [2.75, 3.05) is 0 Å². The van der Waals surface area contributed by atoms with E-state index in [2.05, 4.69) is 15.4 Å². The van der Waals surface area contributed by atoms with Gasteiger partial charge in [0.25, 0.3) is 0 Å². The zero-order valence-corrected chi connectivity index (χ0v) is 10.7. The van der Waals surface area contributed by atoms with Crippen LogP contribution in [0.2, 0.25) is 10.2 Å². The number of benzene rings is 2. The van der Waals surface area contributed by atoms with Gasteiger partial charge in [-0.3, -0.25) is 0 Å². The van der Waals surface area contributed by atoms with Crippen LogP contribution >= 0.6 is 23.2 Å². The zero-order chi connectivity index (χ0) is 12.5. The molecule has 0 fully saturated rings. The van der Waals surface area contributed by atoms with Gasteiger partial charge in [0.05, 0.1) is 0 Å². The maximum Gasteiger partial charge on any atom is 0.174 e. The molecule has 0 spiro atoms. The van der Waals surface area contributed by atoms with E-state index in [9.17, 15) is 0 Å². The van der Waals surface area contributed by atoms with Gasteiger partial charge in [-0.2, -0.15) is 0 Å². The highest BCUT2D eigenvalue weighted by Gasteiger charge is 2.12. The molecule has 0 aliphatic rings. The summed E-state index contributed by atoms with van der Waals surface area (Å²) < 4.78 is 0. The van der Waals surface area contributed by atoms with Gasteiger partial charge in [-0.25, -0.2) is 0 Å². The highest BCUT2D eigenvalue weighted by atomic mass is 35.5. The minimum atomic E-state index is 0.162. The van der Waals surface area contributed by atoms with E-state index in [1.807, 2.05) is 42.5 Å². The fourth-order valence-electron chi connectivity index (χ4n) is 1.90. The first kappa shape index (κ1) is 11.4. The second-order valence-electron chi connectivity index (χ2n) is 3.77. The van der Waals surface area contributed by atoms with Crippen LogP contribution in [0.1, 0.15) is 0 Å². The second-order valence-corrected chi connectivity index (χ2v) is 4.51. The van der Waals surface area contributed by atoms with E-state index < -0.39 is 0 Å². The molecule has 0 radical (unpaired) electrons. The number of hydrogen-bond donors (Lipinski definition) is 0. The van der Waals surface area contributed by atoms with Crippen LogP contribution in [0.25, 0.3) is 22.0 Å². The first-order valence-electron chi connectivity index (χ1n) is 5.30. The maximum atomic E-state index is 6.13. The van der Waals surface area contributed by atoms with Crippen molar-refractivity contribution in [2.45, 2.75) is 0 Å². The van der Waals surface area contributed by atoms with E-state index in [-0.39, 0.29) is 5.15 Å². The number of halogens is 2. The van der Waals surface area contributed by atoms with Crippen LogP contribution in [-0.4, -0.2) is 15.4 Å². The van der Waals surface area contributed by atoms with E-state index >= 15 is 0 Å². The largest absolute Gasteiger partial charge is 0.174 e. The molecule has 0 N–H and O–H groups in total. The lowest BCUT2D eigenvalue weighted by Gasteiger charge is -2.06. The van der Waals surface area contributed by atoms with Crippen LogP contribution in [0.3, 0.4) is 0 Å². The minimum Gasteiger partial charge on any atom is -0.128 e. The van der Waals surface area contributed by atoms with Crippen LogP contribution < -0.4 is 0 Å². The molecular weight excluding hydrogens is 269 g/mol. The monoisotopic (exact) mass is 275 g/mol. The Balaban J connectivity index is 2.35. The van der Waals surface area contributed by atoms with Crippen molar-refractivity contribution in [1.29, 1.82) is 0 Å². The molecule has 0 saturated heterocycles. The molecule has 0 aliphatic heterocycles. The molecule has 2 aromatic carbocycles. The third-order valence-electron chi connectivity index (χ3n) is 2.71. The Hall–Kier alpha value is -1.71. The van der Waals surface area contributed by atoms with Crippen LogP contribution in [0.4, 0.5) is 0 Å². The van der Waals surface area contributed by atoms with Gasteiger partial charge in [-0.1, -0.05) is 65.7 Å². The lowest BCUT2D eigenvalue weighted by atomic mass is 10.0. The second kappa shape index (κ2) is 4.52. The van der Waals surface area contributed by atoms with Crippen molar-refractivity contribution in [3.8, 4) is 11.3 Å². The summed E-state index contributed by atoms with van der Waals surface area (Å²) in [5.74, 6) is 0. The van der Waals surface area contributed by atoms with Crippen LogP contribution in [0, 0.1) is 0 Å². The van der Waals surface area contributed by atoms with E-state index in [0.29, 0.717) is 10.7 Å². The Labute approximate surface area is 113 Å². The van der Waals surface area contributed by atoms with Crippen molar-refractivity contribution in [1.82, 2.24) is 15.4 Å². The summed E-state index contributed by atoms with van der Waals surface area (Å²) in [6.45, 7) is 0. The third kappa shape index (κ3) is 1.82. The molecule has 3 aromatic rings. The molecule has 0 aliphatic carbocycles. The third-order valence-corrected chi connectivity index (χ3v) is 3.43. The van der Waals surface area contributed by atoms with Crippen LogP contribution in [-0.2, 0) is 0 Å². The standard InChI is InChI=1S/C13H7Cl2N3/c14-11-12(16-18-17-13(11)15)10-7-3-5-8-4-1-2-6-9(8)10/h1-7H. The molecule has 88 valence electrons. The average Bonchev–Trinajstić information content (AvgIpc) is 2.41. The smallest absolute Gasteiger partial charge is 0.128 e. The lowest BCUT2D eigenvalue weighted by molar-refractivity contribution is 0.872. The Morgan fingerprint density at radius 1 is 0.833 bits per heavy atom. The molecule has 0 atom stereocenters. The molecule has 1 aromatic heterocycles. The maximum absolute atomic E-state index is 6.13. The van der Waals surface area contributed by atoms with Gasteiger partial charge in [-0.15, -0.1) is 10.2 Å². The van der Waals surface area contributed by atoms with Gasteiger partial charge < -0.3 is 0 Å². The summed E-state index contributed by atoms with van der Waals surface area (Å²) >= 11 is 12.0. The highest BCUT2D eigenvalue weighted by Crippen LogP contribution is 2.33. The van der Waals surface area contributed by atoms with Gasteiger partial charge in [0.15, 0.2) is 5.15 Å². The van der Waals surface area contributed by atoms with Gasteiger partial charge in [0, 0.05) is 5.56 Å². The van der Waals surface area contributed by atoms with Crippen molar-refractivity contribution in [2.24, 2.45) is 0 Å². The topological polar surface area (TPSA) is 38.7 Å². The predicted octanol–water partition coefficient (Wildman–Crippen LogP) is 4.00. The molecule has 5 heteroatoms. The van der Waals surface area contributed by atoms with E-state index in [4.69, 9.17) is 23.2 Å². The van der Waals surface area contributed by atoms with Gasteiger partial charge in [0.2, 0.25) is 0 Å². The summed E-state index contributed by atoms with van der Waals surface area (Å²) in [5, 5.41) is 13.9. The Morgan fingerprint density at radius 3 is 2.50 bits per heavy atom. The fraction of sp³-hybridized carbons (Fsp3) is 0. The van der Waals surface area contributed by atoms with E-state index in [0.717, 1.165) is 16.3 Å². The van der Waals surface area contributed by atoms with Gasteiger partial charge in [-0.05, 0) is 16.0 Å². The molecule has 0 amide bonds. The zero-order valence-electron chi connectivity index (χ0n) is 9.14. The Morgan fingerprint density at radius 2 is 1.61 bits per heavy atom. The van der Waals surface area contributed by atoms with Crippen LogP contribution in [0.5, 0.6) is 0 Å². The number of hydrogen-bond acceptors (Lipinski definition) is 3. The molecule has 0 unspecified atom stereocenters. The Bertz CT molecular complexity index is 723. The number of fused-ring (bicyclic) bond motifs is 1. The summed E-state index contributed by atoms with van der Waals surface area (Å²) in [4.78, 5) is 0. The first-order valence-corrected chi connectivity index (χ1v) is 6.05. The molecule has 0 bridgehead atoms. The quantitative estimate of drug-likeness (QED) is 0.674. The van der Waals surface area contributed by atoms with Crippen molar-refractivity contribution < 1.29 is 0 Å². The predicted molar refractivity (Wildman–Crippen MR) is 72.8 cm³/mol. The molecular formula is C13H7Cl2N3. The first-order chi connectivity index (χ1) is 8.77. The molecule has 18 heavy (non-hydrogen) atoms. The SMILES string of the molecule is Clc1nnnc(-c2cccc3ccccc23)c1Cl. The summed E-state index contributed by atoms with van der Waals surface area (Å²) in [6.07, 6.45) is 0. The van der Waals surface area contributed by atoms with Crippen LogP contribution in [0.15, 0.2) is 42.5 Å². The summed E-state index contributed by atoms with van der Waals surface area (Å²) in [5.41, 5.74) is 1.45. The fourth-order valence-corrected chi connectivity index (χ4v) is 2.20. The molecule has 3 rings (SSSR count). The minimum absolute atomic E-state index is 0.162. The average molecular weight is 276 g/mol. The highest BCUT2D eigenvalue weighted by molar-refractivity contribution is 6.42. The summed E-state index contributed by atoms with van der Waals surface area (Å²) in [7, 11) is 0. The molecule has 3 nitrogen and oxygen atoms in total. The van der Waals surface area contributed by atoms with Crippen molar-refractivity contribution in [3.05, 3.63) is 52.6 Å². The van der Waals surface area contributed by atoms with Crippen molar-refractivity contribution in [3.63, 3.8) is 0 Å². The summed E-state index contributed by atoms with van der Waals surface area (Å²) in [6, 6.07) is 13.9. The number of aromatic nitrogens is 3.